The van der Waals surface area contributed by atoms with E-state index in [4.69, 9.17) is 28.4 Å². The van der Waals surface area contributed by atoms with Gasteiger partial charge in [0.2, 0.25) is 11.6 Å². The maximum atomic E-state index is 13.8. The SMILES string of the molecule is COC(=O)C[C@@H](C1=C(O)C(=O)C([C@H](CC(=O)OC)c2ccc(OC)cc2OC)=C(O)C1=O)c1ccc(OC)cc1OC. The van der Waals surface area contributed by atoms with E-state index in [2.05, 4.69) is 0 Å². The second-order valence-electron chi connectivity index (χ2n) is 9.06. The van der Waals surface area contributed by atoms with E-state index < -0.39 is 70.8 Å². The maximum Gasteiger partial charge on any atom is 0.306 e. The van der Waals surface area contributed by atoms with Crippen molar-refractivity contribution in [3.05, 3.63) is 70.2 Å². The van der Waals surface area contributed by atoms with Crippen LogP contribution in [0, 0.1) is 0 Å². The van der Waals surface area contributed by atoms with E-state index in [1.807, 2.05) is 0 Å². The van der Waals surface area contributed by atoms with Gasteiger partial charge in [-0.3, -0.25) is 19.2 Å². The molecule has 2 N–H and O–H groups in total. The molecule has 0 saturated carbocycles. The van der Waals surface area contributed by atoms with Crippen LogP contribution in [-0.2, 0) is 28.7 Å². The van der Waals surface area contributed by atoms with E-state index in [-0.39, 0.29) is 22.6 Å². The molecule has 0 aliphatic heterocycles. The first-order chi connectivity index (χ1) is 20.1. The van der Waals surface area contributed by atoms with Gasteiger partial charge in [0.25, 0.3) is 0 Å². The normalized spacial score (nSPS) is 14.7. The predicted molar refractivity (Wildman–Crippen MR) is 147 cm³/mol. The zero-order valence-corrected chi connectivity index (χ0v) is 24.0. The largest absolute Gasteiger partial charge is 0.504 e. The van der Waals surface area contributed by atoms with Crippen molar-refractivity contribution in [2.75, 3.05) is 42.7 Å². The van der Waals surface area contributed by atoms with Crippen molar-refractivity contribution >= 4 is 23.5 Å². The number of hydrogen-bond acceptors (Lipinski definition) is 12. The van der Waals surface area contributed by atoms with Crippen LogP contribution in [0.1, 0.15) is 35.8 Å². The first-order valence-electron chi connectivity index (χ1n) is 12.6. The molecule has 2 atom stereocenters. The highest BCUT2D eigenvalue weighted by Crippen LogP contribution is 2.45. The van der Waals surface area contributed by atoms with Crippen LogP contribution < -0.4 is 18.9 Å². The average molecular weight is 585 g/mol. The Morgan fingerprint density at radius 2 is 0.976 bits per heavy atom. The Bertz CT molecular complexity index is 1340. The smallest absolute Gasteiger partial charge is 0.306 e. The average Bonchev–Trinajstić information content (AvgIpc) is 3.01. The third kappa shape index (κ3) is 6.17. The summed E-state index contributed by atoms with van der Waals surface area (Å²) in [6.45, 7) is 0. The fourth-order valence-corrected chi connectivity index (χ4v) is 4.81. The monoisotopic (exact) mass is 584 g/mol. The number of ketones is 2. The van der Waals surface area contributed by atoms with Crippen LogP contribution in [0.25, 0.3) is 0 Å². The molecule has 12 heteroatoms. The predicted octanol–water partition coefficient (Wildman–Crippen LogP) is 3.49. The molecule has 42 heavy (non-hydrogen) atoms. The van der Waals surface area contributed by atoms with E-state index in [9.17, 15) is 29.4 Å². The Hall–Kier alpha value is -5.00. The fourth-order valence-electron chi connectivity index (χ4n) is 4.81. The molecule has 2 aromatic rings. The summed E-state index contributed by atoms with van der Waals surface area (Å²) in [5.74, 6) is -7.17. The number of carbonyl (C=O) groups excluding carboxylic acids is 4. The third-order valence-electron chi connectivity index (χ3n) is 6.96. The van der Waals surface area contributed by atoms with Gasteiger partial charge in [0.15, 0.2) is 11.5 Å². The summed E-state index contributed by atoms with van der Waals surface area (Å²) in [5, 5.41) is 22.5. The molecular weight excluding hydrogens is 552 g/mol. The highest BCUT2D eigenvalue weighted by atomic mass is 16.5. The van der Waals surface area contributed by atoms with Gasteiger partial charge in [0.05, 0.1) is 66.6 Å². The van der Waals surface area contributed by atoms with Gasteiger partial charge >= 0.3 is 11.9 Å². The first kappa shape index (κ1) is 31.5. The lowest BCUT2D eigenvalue weighted by atomic mass is 9.75. The quantitative estimate of drug-likeness (QED) is 0.276. The number of esters is 2. The van der Waals surface area contributed by atoms with Crippen LogP contribution in [0.4, 0.5) is 0 Å². The number of Topliss-reactive ketones (excluding diaryl/α,β-unsaturated/α-hetero) is 2. The molecule has 2 aromatic carbocycles. The zero-order chi connectivity index (χ0) is 31.1. The highest BCUT2D eigenvalue weighted by Gasteiger charge is 2.44. The first-order valence-corrected chi connectivity index (χ1v) is 12.6. The number of methoxy groups -OCH3 is 6. The van der Waals surface area contributed by atoms with Gasteiger partial charge in [-0.15, -0.1) is 0 Å². The molecule has 0 bridgehead atoms. The molecule has 0 saturated heterocycles. The minimum absolute atomic E-state index is 0.185. The Labute approximate surface area is 242 Å². The lowest BCUT2D eigenvalue weighted by molar-refractivity contribution is -0.142. The van der Waals surface area contributed by atoms with Crippen molar-refractivity contribution < 1.29 is 57.8 Å². The molecule has 0 spiro atoms. The lowest BCUT2D eigenvalue weighted by Gasteiger charge is -2.28. The van der Waals surface area contributed by atoms with E-state index in [0.29, 0.717) is 11.5 Å². The van der Waals surface area contributed by atoms with Crippen LogP contribution in [-0.4, -0.2) is 76.4 Å². The fraction of sp³-hybridized carbons (Fsp3) is 0.333. The third-order valence-corrected chi connectivity index (χ3v) is 6.96. The van der Waals surface area contributed by atoms with E-state index in [1.54, 1.807) is 12.1 Å². The van der Waals surface area contributed by atoms with E-state index >= 15 is 0 Å². The molecule has 0 amide bonds. The van der Waals surface area contributed by atoms with E-state index in [1.165, 1.54) is 52.7 Å². The summed E-state index contributed by atoms with van der Waals surface area (Å²) in [4.78, 5) is 52.4. The van der Waals surface area contributed by atoms with Crippen LogP contribution in [0.3, 0.4) is 0 Å². The van der Waals surface area contributed by atoms with Gasteiger partial charge in [-0.25, -0.2) is 0 Å². The molecule has 3 rings (SSSR count). The maximum absolute atomic E-state index is 13.8. The summed E-state index contributed by atoms with van der Waals surface area (Å²) in [5.41, 5.74) is -0.613. The van der Waals surface area contributed by atoms with Crippen molar-refractivity contribution in [1.82, 2.24) is 0 Å². The van der Waals surface area contributed by atoms with Gasteiger partial charge in [-0.05, 0) is 12.1 Å². The molecule has 0 aromatic heterocycles. The van der Waals surface area contributed by atoms with Crippen molar-refractivity contribution in [2.45, 2.75) is 24.7 Å². The lowest BCUT2D eigenvalue weighted by Crippen LogP contribution is -2.31. The topological polar surface area (TPSA) is 164 Å². The molecule has 12 nitrogen and oxygen atoms in total. The number of aliphatic hydroxyl groups is 2. The summed E-state index contributed by atoms with van der Waals surface area (Å²) in [7, 11) is 7.86. The number of hydrogen-bond donors (Lipinski definition) is 2. The molecule has 0 radical (unpaired) electrons. The van der Waals surface area contributed by atoms with Crippen molar-refractivity contribution in [3.63, 3.8) is 0 Å². The van der Waals surface area contributed by atoms with Crippen LogP contribution in [0.15, 0.2) is 59.1 Å². The Morgan fingerprint density at radius 3 is 1.26 bits per heavy atom. The van der Waals surface area contributed by atoms with Gasteiger partial charge in [-0.2, -0.15) is 0 Å². The number of rotatable bonds is 12. The number of allylic oxidation sites excluding steroid dienone is 2. The molecule has 1 aliphatic carbocycles. The van der Waals surface area contributed by atoms with Crippen LogP contribution in [0.5, 0.6) is 23.0 Å². The zero-order valence-electron chi connectivity index (χ0n) is 24.0. The van der Waals surface area contributed by atoms with Crippen molar-refractivity contribution in [1.29, 1.82) is 0 Å². The van der Waals surface area contributed by atoms with Gasteiger partial charge in [0, 0.05) is 35.1 Å². The summed E-state index contributed by atoms with van der Waals surface area (Å²) >= 11 is 0. The minimum atomic E-state index is -1.27. The number of aliphatic hydroxyl groups excluding tert-OH is 2. The van der Waals surface area contributed by atoms with Crippen LogP contribution in [0.2, 0.25) is 0 Å². The second-order valence-corrected chi connectivity index (χ2v) is 9.06. The van der Waals surface area contributed by atoms with Gasteiger partial charge in [-0.1, -0.05) is 12.1 Å². The molecular formula is C30H32O12. The summed E-state index contributed by atoms with van der Waals surface area (Å²) in [6, 6.07) is 9.08. The molecule has 1 aliphatic rings. The van der Waals surface area contributed by atoms with Gasteiger partial charge in [0.1, 0.15) is 23.0 Å². The highest BCUT2D eigenvalue weighted by molar-refractivity contribution is 6.24. The second kappa shape index (κ2) is 13.6. The van der Waals surface area contributed by atoms with Gasteiger partial charge < -0.3 is 38.6 Å². The van der Waals surface area contributed by atoms with Crippen LogP contribution >= 0.6 is 0 Å². The summed E-state index contributed by atoms with van der Waals surface area (Å²) < 4.78 is 30.9. The number of benzene rings is 2. The summed E-state index contributed by atoms with van der Waals surface area (Å²) in [6.07, 6.45) is -0.976. The van der Waals surface area contributed by atoms with Crippen molar-refractivity contribution in [3.8, 4) is 23.0 Å². The number of ether oxygens (including phenoxy) is 6. The van der Waals surface area contributed by atoms with E-state index in [0.717, 1.165) is 14.2 Å². The Kier molecular flexibility index (Phi) is 10.2. The van der Waals surface area contributed by atoms with Crippen molar-refractivity contribution in [2.24, 2.45) is 0 Å². The molecule has 0 heterocycles. The Balaban J connectivity index is 2.24. The number of carbonyl (C=O) groups is 4. The minimum Gasteiger partial charge on any atom is -0.504 e. The molecule has 0 fully saturated rings. The Morgan fingerprint density at radius 1 is 0.619 bits per heavy atom. The standard InChI is InChI=1S/C30H32O12/c1-37-15-7-9-17(21(11-15)39-3)19(13-23(31)41-5)25-27(33)29(35)26(30(36)28(25)34)20(14-24(32)42-6)18-10-8-16(38-2)12-22(18)40-4/h7-12,19-20,33,36H,13-14H2,1-6H3/t19-,20-/m1/s1. The molecule has 224 valence electrons. The molecule has 0 unspecified atom stereocenters.